The summed E-state index contributed by atoms with van der Waals surface area (Å²) in [6, 6.07) is 14.3. The summed E-state index contributed by atoms with van der Waals surface area (Å²) in [5.41, 5.74) is 2.69. The predicted octanol–water partition coefficient (Wildman–Crippen LogP) is 3.41. The first-order valence-corrected chi connectivity index (χ1v) is 10.9. The molecule has 1 saturated carbocycles. The molecule has 2 aromatic carbocycles. The summed E-state index contributed by atoms with van der Waals surface area (Å²) in [6.45, 7) is 3.85. The zero-order chi connectivity index (χ0) is 19.2. The van der Waals surface area contributed by atoms with Crippen molar-refractivity contribution < 1.29 is 13.2 Å². The molecule has 0 spiro atoms. The Bertz CT molecular complexity index is 968. The second-order valence-electron chi connectivity index (χ2n) is 7.58. The summed E-state index contributed by atoms with van der Waals surface area (Å²) in [7, 11) is -3.64. The Balaban J connectivity index is 1.58. The van der Waals surface area contributed by atoms with Gasteiger partial charge >= 0.3 is 0 Å². The lowest BCUT2D eigenvalue weighted by molar-refractivity contribution is -0.120. The molecule has 0 radical (unpaired) electrons. The normalized spacial score (nSPS) is 20.4. The Morgan fingerprint density at radius 2 is 1.85 bits per heavy atom. The van der Waals surface area contributed by atoms with Crippen LogP contribution in [0.4, 0.5) is 5.69 Å². The summed E-state index contributed by atoms with van der Waals surface area (Å²) in [5.74, 6) is 0.322. The van der Waals surface area contributed by atoms with Crippen molar-refractivity contribution in [2.75, 3.05) is 4.90 Å². The Labute approximate surface area is 160 Å². The lowest BCUT2D eigenvalue weighted by atomic mass is 10.1. The van der Waals surface area contributed by atoms with Crippen LogP contribution in [0.25, 0.3) is 0 Å². The van der Waals surface area contributed by atoms with E-state index >= 15 is 0 Å². The van der Waals surface area contributed by atoms with E-state index in [1.165, 1.54) is 0 Å². The number of fused-ring (bicyclic) bond motifs is 1. The Morgan fingerprint density at radius 3 is 2.52 bits per heavy atom. The van der Waals surface area contributed by atoms with Gasteiger partial charge in [0.05, 0.1) is 4.90 Å². The number of rotatable bonds is 5. The number of carbonyl (C=O) groups is 1. The predicted molar refractivity (Wildman–Crippen MR) is 105 cm³/mol. The van der Waals surface area contributed by atoms with Crippen molar-refractivity contribution in [3.8, 4) is 0 Å². The molecule has 1 aliphatic carbocycles. The molecule has 142 valence electrons. The molecule has 2 unspecified atom stereocenters. The molecule has 0 saturated heterocycles. The first-order valence-electron chi connectivity index (χ1n) is 9.40. The first kappa shape index (κ1) is 18.2. The van der Waals surface area contributed by atoms with Crippen molar-refractivity contribution in [3.05, 3.63) is 59.7 Å². The summed E-state index contributed by atoms with van der Waals surface area (Å²) in [4.78, 5) is 14.7. The maximum Gasteiger partial charge on any atom is 0.241 e. The number of nitrogens with zero attached hydrogens (tertiary/aromatic N) is 1. The van der Waals surface area contributed by atoms with Gasteiger partial charge in [0.15, 0.2) is 0 Å². The number of sulfonamides is 1. The lowest BCUT2D eigenvalue weighted by Crippen LogP contribution is -2.36. The second kappa shape index (κ2) is 6.77. The number of anilines is 1. The SMILES string of the molecule is CC(NS(=O)(=O)c1ccc2c(c1)CC(C)N2C(=O)C1CC1)c1ccccc1. The molecule has 1 heterocycles. The standard InChI is InChI=1S/C21H24N2O3S/c1-14-12-18-13-19(10-11-20(18)23(14)21(24)17-8-9-17)27(25,26)22-15(2)16-6-4-3-5-7-16/h3-7,10-11,13-15,17,22H,8-9,12H2,1-2H3. The molecular weight excluding hydrogens is 360 g/mol. The highest BCUT2D eigenvalue weighted by molar-refractivity contribution is 7.89. The molecule has 5 nitrogen and oxygen atoms in total. The van der Waals surface area contributed by atoms with Gasteiger partial charge in [0.2, 0.25) is 15.9 Å². The molecule has 6 heteroatoms. The Hall–Kier alpha value is -2.18. The molecule has 27 heavy (non-hydrogen) atoms. The summed E-state index contributed by atoms with van der Waals surface area (Å²) >= 11 is 0. The third kappa shape index (κ3) is 3.51. The average molecular weight is 385 g/mol. The second-order valence-corrected chi connectivity index (χ2v) is 9.29. The molecule has 0 bridgehead atoms. The van der Waals surface area contributed by atoms with Crippen molar-refractivity contribution in [1.82, 2.24) is 4.72 Å². The topological polar surface area (TPSA) is 66.5 Å². The van der Waals surface area contributed by atoms with Crippen LogP contribution in [0, 0.1) is 5.92 Å². The van der Waals surface area contributed by atoms with Gasteiger partial charge in [0.1, 0.15) is 0 Å². The van der Waals surface area contributed by atoms with Crippen LogP contribution in [-0.2, 0) is 21.2 Å². The van der Waals surface area contributed by atoms with Gasteiger partial charge in [0.25, 0.3) is 0 Å². The van der Waals surface area contributed by atoms with Gasteiger partial charge in [-0.1, -0.05) is 30.3 Å². The molecule has 1 N–H and O–H groups in total. The van der Waals surface area contributed by atoms with Crippen molar-refractivity contribution in [3.63, 3.8) is 0 Å². The van der Waals surface area contributed by atoms with Crippen LogP contribution in [0.1, 0.15) is 43.9 Å². The number of nitrogens with one attached hydrogen (secondary N) is 1. The fourth-order valence-electron chi connectivity index (χ4n) is 3.75. The van der Waals surface area contributed by atoms with E-state index in [0.717, 1.165) is 29.7 Å². The maximum atomic E-state index is 12.8. The number of carbonyl (C=O) groups excluding carboxylic acids is 1. The van der Waals surface area contributed by atoms with Gasteiger partial charge in [-0.25, -0.2) is 13.1 Å². The van der Waals surface area contributed by atoms with Crippen LogP contribution in [0.3, 0.4) is 0 Å². The van der Waals surface area contributed by atoms with Gasteiger partial charge < -0.3 is 4.90 Å². The van der Waals surface area contributed by atoms with E-state index in [9.17, 15) is 13.2 Å². The number of benzene rings is 2. The summed E-state index contributed by atoms with van der Waals surface area (Å²) < 4.78 is 28.4. The molecule has 2 aromatic rings. The quantitative estimate of drug-likeness (QED) is 0.859. The van der Waals surface area contributed by atoms with E-state index in [0.29, 0.717) is 6.42 Å². The van der Waals surface area contributed by atoms with E-state index in [1.54, 1.807) is 18.2 Å². The molecular formula is C21H24N2O3S. The van der Waals surface area contributed by atoms with Gasteiger partial charge in [-0.05, 0) is 62.4 Å². The fraction of sp³-hybridized carbons (Fsp3) is 0.381. The third-order valence-corrected chi connectivity index (χ3v) is 6.91. The van der Waals surface area contributed by atoms with Crippen molar-refractivity contribution in [2.45, 2.75) is 50.1 Å². The molecule has 4 rings (SSSR count). The van der Waals surface area contributed by atoms with Crippen molar-refractivity contribution >= 4 is 21.6 Å². The van der Waals surface area contributed by atoms with Crippen molar-refractivity contribution in [2.24, 2.45) is 5.92 Å². The maximum absolute atomic E-state index is 12.8. The number of hydrogen-bond acceptors (Lipinski definition) is 3. The first-order chi connectivity index (χ1) is 12.9. The molecule has 2 aliphatic rings. The van der Waals surface area contributed by atoms with Gasteiger partial charge in [-0.15, -0.1) is 0 Å². The van der Waals surface area contributed by atoms with E-state index < -0.39 is 10.0 Å². The molecule has 1 aliphatic heterocycles. The Kier molecular flexibility index (Phi) is 4.56. The minimum Gasteiger partial charge on any atom is -0.309 e. The highest BCUT2D eigenvalue weighted by Gasteiger charge is 2.39. The zero-order valence-electron chi connectivity index (χ0n) is 15.6. The van der Waals surface area contributed by atoms with Crippen LogP contribution >= 0.6 is 0 Å². The van der Waals surface area contributed by atoms with E-state index in [-0.39, 0.29) is 28.8 Å². The molecule has 0 aromatic heterocycles. The van der Waals surface area contributed by atoms with Gasteiger partial charge in [-0.2, -0.15) is 0 Å². The Morgan fingerprint density at radius 1 is 1.15 bits per heavy atom. The van der Waals surface area contributed by atoms with Crippen LogP contribution in [0.2, 0.25) is 0 Å². The number of hydrogen-bond donors (Lipinski definition) is 1. The van der Waals surface area contributed by atoms with Crippen LogP contribution in [0.5, 0.6) is 0 Å². The smallest absolute Gasteiger partial charge is 0.241 e. The minimum atomic E-state index is -3.64. The van der Waals surface area contributed by atoms with Crippen molar-refractivity contribution in [1.29, 1.82) is 0 Å². The number of amides is 1. The fourth-order valence-corrected chi connectivity index (χ4v) is 5.03. The van der Waals surface area contributed by atoms with E-state index in [1.807, 2.05) is 49.1 Å². The average Bonchev–Trinajstić information content (AvgIpc) is 3.43. The van der Waals surface area contributed by atoms with Crippen LogP contribution < -0.4 is 9.62 Å². The highest BCUT2D eigenvalue weighted by Crippen LogP contribution is 2.39. The van der Waals surface area contributed by atoms with E-state index in [2.05, 4.69) is 4.72 Å². The zero-order valence-corrected chi connectivity index (χ0v) is 16.4. The summed E-state index contributed by atoms with van der Waals surface area (Å²) in [6.07, 6.45) is 2.61. The lowest BCUT2D eigenvalue weighted by Gasteiger charge is -2.22. The third-order valence-electron chi connectivity index (χ3n) is 5.37. The van der Waals surface area contributed by atoms with Gasteiger partial charge in [0, 0.05) is 23.7 Å². The highest BCUT2D eigenvalue weighted by atomic mass is 32.2. The molecule has 1 amide bonds. The minimum absolute atomic E-state index is 0.0715. The van der Waals surface area contributed by atoms with Gasteiger partial charge in [-0.3, -0.25) is 4.79 Å². The largest absolute Gasteiger partial charge is 0.309 e. The van der Waals surface area contributed by atoms with Crippen LogP contribution in [-0.4, -0.2) is 20.4 Å². The van der Waals surface area contributed by atoms with E-state index in [4.69, 9.17) is 0 Å². The molecule has 2 atom stereocenters. The van der Waals surface area contributed by atoms with Crippen LogP contribution in [0.15, 0.2) is 53.4 Å². The monoisotopic (exact) mass is 384 g/mol. The molecule has 1 fully saturated rings. The summed E-state index contributed by atoms with van der Waals surface area (Å²) in [5, 5.41) is 0.